The number of benzene rings is 2. The summed E-state index contributed by atoms with van der Waals surface area (Å²) in [6.45, 7) is 3.24. The number of unbranched alkanes of at least 4 members (excludes halogenated alkanes) is 1. The van der Waals surface area contributed by atoms with E-state index in [1.165, 1.54) is 5.56 Å². The van der Waals surface area contributed by atoms with Gasteiger partial charge >= 0.3 is 0 Å². The van der Waals surface area contributed by atoms with Crippen LogP contribution in [0.15, 0.2) is 54.6 Å². The number of carbonyl (C=O) groups excluding carboxylic acids is 1. The van der Waals surface area contributed by atoms with Crippen molar-refractivity contribution in [3.8, 4) is 0 Å². The number of aryl methyl sites for hydroxylation is 2. The van der Waals surface area contributed by atoms with E-state index in [1.807, 2.05) is 37.3 Å². The van der Waals surface area contributed by atoms with Gasteiger partial charge in [0.05, 0.1) is 6.54 Å². The summed E-state index contributed by atoms with van der Waals surface area (Å²) in [5.74, 6) is 0.00802. The summed E-state index contributed by atoms with van der Waals surface area (Å²) in [5.41, 5.74) is 3.38. The largest absolute Gasteiger partial charge is 0.325 e. The molecule has 0 unspecified atom stereocenters. The predicted octanol–water partition coefficient (Wildman–Crippen LogP) is 3.55. The second kappa shape index (κ2) is 9.00. The maximum absolute atomic E-state index is 11.8. The van der Waals surface area contributed by atoms with Crippen LogP contribution in [0.1, 0.15) is 24.0 Å². The highest BCUT2D eigenvalue weighted by Crippen LogP contribution is 2.09. The van der Waals surface area contributed by atoms with Crippen LogP contribution in [-0.4, -0.2) is 19.0 Å². The highest BCUT2D eigenvalue weighted by Gasteiger charge is 2.01. The molecule has 0 aromatic heterocycles. The number of nitrogens with one attached hydrogen (secondary N) is 2. The van der Waals surface area contributed by atoms with E-state index in [4.69, 9.17) is 0 Å². The molecule has 0 aliphatic rings. The van der Waals surface area contributed by atoms with E-state index in [9.17, 15) is 4.79 Å². The topological polar surface area (TPSA) is 41.1 Å². The quantitative estimate of drug-likeness (QED) is 0.732. The van der Waals surface area contributed by atoms with Gasteiger partial charge in [0.1, 0.15) is 0 Å². The Bertz CT molecular complexity index is 581. The molecule has 2 aromatic rings. The summed E-state index contributed by atoms with van der Waals surface area (Å²) in [7, 11) is 0. The van der Waals surface area contributed by atoms with Crippen molar-refractivity contribution in [2.24, 2.45) is 0 Å². The molecule has 0 atom stereocenters. The highest BCUT2D eigenvalue weighted by molar-refractivity contribution is 5.92. The standard InChI is InChI=1S/C19H24N2O/c1-16-8-7-12-18(14-16)21-19(22)15-20-13-6-5-11-17-9-3-2-4-10-17/h2-4,7-10,12,14,20H,5-6,11,13,15H2,1H3,(H,21,22). The minimum atomic E-state index is 0.00802. The van der Waals surface area contributed by atoms with Crippen molar-refractivity contribution in [3.05, 3.63) is 65.7 Å². The molecule has 0 aliphatic carbocycles. The molecule has 0 heterocycles. The molecule has 0 radical (unpaired) electrons. The zero-order valence-corrected chi connectivity index (χ0v) is 13.1. The lowest BCUT2D eigenvalue weighted by molar-refractivity contribution is -0.115. The number of carbonyl (C=O) groups is 1. The van der Waals surface area contributed by atoms with Crippen LogP contribution >= 0.6 is 0 Å². The van der Waals surface area contributed by atoms with Crippen LogP contribution in [-0.2, 0) is 11.2 Å². The lowest BCUT2D eigenvalue weighted by Crippen LogP contribution is -2.28. The molecule has 0 fully saturated rings. The third kappa shape index (κ3) is 6.10. The Morgan fingerprint density at radius 2 is 1.82 bits per heavy atom. The van der Waals surface area contributed by atoms with Gasteiger partial charge in [0, 0.05) is 5.69 Å². The lowest BCUT2D eigenvalue weighted by atomic mass is 10.1. The average Bonchev–Trinajstić information content (AvgIpc) is 2.52. The van der Waals surface area contributed by atoms with Crippen LogP contribution in [0, 0.1) is 6.92 Å². The number of anilines is 1. The normalized spacial score (nSPS) is 10.4. The van der Waals surface area contributed by atoms with E-state index in [1.54, 1.807) is 0 Å². The molecular formula is C19H24N2O. The monoisotopic (exact) mass is 296 g/mol. The van der Waals surface area contributed by atoms with Crippen LogP contribution in [0.5, 0.6) is 0 Å². The number of rotatable bonds is 8. The van der Waals surface area contributed by atoms with Crippen LogP contribution in [0.4, 0.5) is 5.69 Å². The van der Waals surface area contributed by atoms with Crippen molar-refractivity contribution in [2.45, 2.75) is 26.2 Å². The summed E-state index contributed by atoms with van der Waals surface area (Å²) >= 11 is 0. The Kier molecular flexibility index (Phi) is 6.65. The molecule has 0 spiro atoms. The van der Waals surface area contributed by atoms with Crippen molar-refractivity contribution in [3.63, 3.8) is 0 Å². The van der Waals surface area contributed by atoms with Crippen molar-refractivity contribution < 1.29 is 4.79 Å². The van der Waals surface area contributed by atoms with E-state index < -0.39 is 0 Å². The second-order valence-electron chi connectivity index (χ2n) is 5.54. The summed E-state index contributed by atoms with van der Waals surface area (Å²) in [5, 5.41) is 6.09. The minimum Gasteiger partial charge on any atom is -0.325 e. The van der Waals surface area contributed by atoms with E-state index >= 15 is 0 Å². The number of hydrogen-bond acceptors (Lipinski definition) is 2. The van der Waals surface area contributed by atoms with Crippen molar-refractivity contribution in [1.82, 2.24) is 5.32 Å². The van der Waals surface area contributed by atoms with Gasteiger partial charge in [0.25, 0.3) is 0 Å². The van der Waals surface area contributed by atoms with Crippen molar-refractivity contribution in [1.29, 1.82) is 0 Å². The lowest BCUT2D eigenvalue weighted by Gasteiger charge is -2.07. The molecule has 0 saturated heterocycles. The fraction of sp³-hybridized carbons (Fsp3) is 0.316. The Labute approximate surface area is 132 Å². The molecule has 3 heteroatoms. The summed E-state index contributed by atoms with van der Waals surface area (Å²) in [6, 6.07) is 18.3. The average molecular weight is 296 g/mol. The maximum atomic E-state index is 11.8. The van der Waals surface area contributed by atoms with Crippen LogP contribution in [0.2, 0.25) is 0 Å². The van der Waals surface area contributed by atoms with Gasteiger partial charge in [-0.3, -0.25) is 4.79 Å². The van der Waals surface area contributed by atoms with Gasteiger partial charge in [-0.2, -0.15) is 0 Å². The number of amides is 1. The smallest absolute Gasteiger partial charge is 0.238 e. The van der Waals surface area contributed by atoms with Gasteiger partial charge in [-0.15, -0.1) is 0 Å². The molecule has 3 nitrogen and oxygen atoms in total. The van der Waals surface area contributed by atoms with Crippen LogP contribution in [0.25, 0.3) is 0 Å². The zero-order valence-electron chi connectivity index (χ0n) is 13.1. The molecule has 1 amide bonds. The molecule has 0 bridgehead atoms. The fourth-order valence-electron chi connectivity index (χ4n) is 2.35. The van der Waals surface area contributed by atoms with E-state index in [2.05, 4.69) is 34.9 Å². The Morgan fingerprint density at radius 3 is 2.59 bits per heavy atom. The molecular weight excluding hydrogens is 272 g/mol. The van der Waals surface area contributed by atoms with Gasteiger partial charge in [-0.1, -0.05) is 42.5 Å². The first-order valence-corrected chi connectivity index (χ1v) is 7.85. The van der Waals surface area contributed by atoms with E-state index in [0.29, 0.717) is 6.54 Å². The first kappa shape index (κ1) is 16.2. The van der Waals surface area contributed by atoms with Crippen molar-refractivity contribution >= 4 is 11.6 Å². The van der Waals surface area contributed by atoms with Crippen LogP contribution < -0.4 is 10.6 Å². The maximum Gasteiger partial charge on any atom is 0.238 e. The first-order valence-electron chi connectivity index (χ1n) is 7.85. The third-order valence-corrected chi connectivity index (χ3v) is 3.50. The zero-order chi connectivity index (χ0) is 15.6. The SMILES string of the molecule is Cc1cccc(NC(=O)CNCCCCc2ccccc2)c1. The molecule has 0 aliphatic heterocycles. The summed E-state index contributed by atoms with van der Waals surface area (Å²) in [4.78, 5) is 11.8. The van der Waals surface area contributed by atoms with Gasteiger partial charge < -0.3 is 10.6 Å². The minimum absolute atomic E-state index is 0.00802. The predicted molar refractivity (Wildman–Crippen MR) is 92.1 cm³/mol. The molecule has 2 rings (SSSR count). The van der Waals surface area contributed by atoms with Crippen molar-refractivity contribution in [2.75, 3.05) is 18.4 Å². The fourth-order valence-corrected chi connectivity index (χ4v) is 2.35. The van der Waals surface area contributed by atoms with Gasteiger partial charge in [0.15, 0.2) is 0 Å². The van der Waals surface area contributed by atoms with E-state index in [0.717, 1.165) is 37.1 Å². The summed E-state index contributed by atoms with van der Waals surface area (Å²) in [6.07, 6.45) is 3.31. The van der Waals surface area contributed by atoms with Crippen LogP contribution in [0.3, 0.4) is 0 Å². The molecule has 2 N–H and O–H groups in total. The first-order chi connectivity index (χ1) is 10.7. The van der Waals surface area contributed by atoms with Gasteiger partial charge in [0.2, 0.25) is 5.91 Å². The van der Waals surface area contributed by atoms with Gasteiger partial charge in [-0.25, -0.2) is 0 Å². The number of hydrogen-bond donors (Lipinski definition) is 2. The molecule has 116 valence electrons. The summed E-state index contributed by atoms with van der Waals surface area (Å²) < 4.78 is 0. The Hall–Kier alpha value is -2.13. The Balaban J connectivity index is 1.56. The Morgan fingerprint density at radius 1 is 1.00 bits per heavy atom. The molecule has 0 saturated carbocycles. The van der Waals surface area contributed by atoms with Gasteiger partial charge in [-0.05, 0) is 56.0 Å². The highest BCUT2D eigenvalue weighted by atomic mass is 16.1. The molecule has 22 heavy (non-hydrogen) atoms. The molecule has 2 aromatic carbocycles. The third-order valence-electron chi connectivity index (χ3n) is 3.50. The van der Waals surface area contributed by atoms with E-state index in [-0.39, 0.29) is 5.91 Å². The second-order valence-corrected chi connectivity index (χ2v) is 5.54.